The molecule has 0 spiro atoms. The van der Waals surface area contributed by atoms with Crippen molar-refractivity contribution in [1.29, 1.82) is 0 Å². The Kier molecular flexibility index (Phi) is 47.4. The molecular formula is C55H96O6. The van der Waals surface area contributed by atoms with Crippen molar-refractivity contribution in [1.82, 2.24) is 0 Å². The first-order valence-corrected chi connectivity index (χ1v) is 25.8. The van der Waals surface area contributed by atoms with Crippen LogP contribution in [0.5, 0.6) is 0 Å². The third-order valence-electron chi connectivity index (χ3n) is 11.0. The van der Waals surface area contributed by atoms with Gasteiger partial charge in [0.15, 0.2) is 6.10 Å². The van der Waals surface area contributed by atoms with Crippen LogP contribution in [0.15, 0.2) is 60.8 Å². The Bertz CT molecular complexity index is 1120. The van der Waals surface area contributed by atoms with Gasteiger partial charge in [0.05, 0.1) is 0 Å². The first kappa shape index (κ1) is 58.1. The standard InChI is InChI=1S/C55H96O6/c1-4-7-10-13-16-19-22-25-27-28-29-31-33-36-39-42-45-48-54(57)60-51-52(50-59-53(56)47-44-41-38-35-32-24-21-18-15-12-9-6-3)61-55(58)49-46-43-40-37-34-30-26-23-20-17-14-11-8-5-2/h16,19,23,25-27,29,31,36,39,52H,4-15,17-18,20-22,24,28,30,32-35,37-38,40-51H2,1-3H3/b19-16-,26-23-,27-25-,31-29-,39-36-/t52-/m1/s1. The number of carbonyl (C=O) groups is 3. The summed E-state index contributed by atoms with van der Waals surface area (Å²) in [6.45, 7) is 6.55. The lowest BCUT2D eigenvalue weighted by Gasteiger charge is -2.18. The molecule has 0 N–H and O–H groups in total. The monoisotopic (exact) mass is 853 g/mol. The Morgan fingerprint density at radius 1 is 0.328 bits per heavy atom. The molecule has 0 radical (unpaired) electrons. The van der Waals surface area contributed by atoms with Gasteiger partial charge in [-0.15, -0.1) is 0 Å². The Balaban J connectivity index is 4.47. The molecule has 0 saturated heterocycles. The molecule has 352 valence electrons. The highest BCUT2D eigenvalue weighted by atomic mass is 16.6. The minimum absolute atomic E-state index is 0.0927. The van der Waals surface area contributed by atoms with E-state index in [1.54, 1.807) is 0 Å². The van der Waals surface area contributed by atoms with Gasteiger partial charge in [-0.25, -0.2) is 0 Å². The summed E-state index contributed by atoms with van der Waals surface area (Å²) in [6, 6.07) is 0. The van der Waals surface area contributed by atoms with Crippen molar-refractivity contribution in [3.05, 3.63) is 60.8 Å². The summed E-state index contributed by atoms with van der Waals surface area (Å²) in [5.74, 6) is -0.956. The lowest BCUT2D eigenvalue weighted by Crippen LogP contribution is -2.30. The van der Waals surface area contributed by atoms with Crippen LogP contribution in [-0.2, 0) is 28.6 Å². The molecule has 0 amide bonds. The predicted molar refractivity (Wildman–Crippen MR) is 261 cm³/mol. The largest absolute Gasteiger partial charge is 0.462 e. The maximum Gasteiger partial charge on any atom is 0.306 e. The molecule has 0 heterocycles. The fraction of sp³-hybridized carbons (Fsp3) is 0.764. The van der Waals surface area contributed by atoms with E-state index < -0.39 is 6.10 Å². The molecule has 0 aliphatic rings. The van der Waals surface area contributed by atoms with Crippen LogP contribution in [0.1, 0.15) is 252 Å². The summed E-state index contributed by atoms with van der Waals surface area (Å²) in [4.78, 5) is 37.9. The van der Waals surface area contributed by atoms with Crippen LogP contribution in [0.3, 0.4) is 0 Å². The van der Waals surface area contributed by atoms with Gasteiger partial charge in [0.2, 0.25) is 0 Å². The van der Waals surface area contributed by atoms with E-state index in [1.807, 2.05) is 0 Å². The summed E-state index contributed by atoms with van der Waals surface area (Å²) in [5, 5.41) is 0. The highest BCUT2D eigenvalue weighted by molar-refractivity contribution is 5.71. The third kappa shape index (κ3) is 48.0. The number of hydrogen-bond acceptors (Lipinski definition) is 6. The molecular weight excluding hydrogens is 757 g/mol. The summed E-state index contributed by atoms with van der Waals surface area (Å²) in [5.41, 5.74) is 0. The molecule has 0 aromatic rings. The van der Waals surface area contributed by atoms with E-state index >= 15 is 0 Å². The van der Waals surface area contributed by atoms with Crippen LogP contribution in [0.2, 0.25) is 0 Å². The number of ether oxygens (including phenoxy) is 3. The van der Waals surface area contributed by atoms with E-state index in [0.717, 1.165) is 77.0 Å². The fourth-order valence-corrected chi connectivity index (χ4v) is 7.08. The van der Waals surface area contributed by atoms with Crippen LogP contribution >= 0.6 is 0 Å². The minimum atomic E-state index is -0.797. The van der Waals surface area contributed by atoms with Gasteiger partial charge in [-0.3, -0.25) is 14.4 Å². The second-order valence-corrected chi connectivity index (χ2v) is 17.1. The molecule has 0 aliphatic carbocycles. The third-order valence-corrected chi connectivity index (χ3v) is 11.0. The molecule has 0 fully saturated rings. The molecule has 0 aromatic heterocycles. The Morgan fingerprint density at radius 3 is 1.03 bits per heavy atom. The van der Waals surface area contributed by atoms with E-state index in [-0.39, 0.29) is 37.5 Å². The van der Waals surface area contributed by atoms with E-state index in [0.29, 0.717) is 19.3 Å². The van der Waals surface area contributed by atoms with Gasteiger partial charge in [0.25, 0.3) is 0 Å². The summed E-state index contributed by atoms with van der Waals surface area (Å²) >= 11 is 0. The number of carbonyl (C=O) groups excluding carboxylic acids is 3. The number of hydrogen-bond donors (Lipinski definition) is 0. The molecule has 0 rings (SSSR count). The summed E-state index contributed by atoms with van der Waals surface area (Å²) in [7, 11) is 0. The van der Waals surface area contributed by atoms with Crippen molar-refractivity contribution < 1.29 is 28.6 Å². The molecule has 61 heavy (non-hydrogen) atoms. The van der Waals surface area contributed by atoms with Gasteiger partial charge in [-0.2, -0.15) is 0 Å². The highest BCUT2D eigenvalue weighted by Crippen LogP contribution is 2.14. The van der Waals surface area contributed by atoms with Crippen LogP contribution in [0, 0.1) is 0 Å². The maximum atomic E-state index is 12.8. The SMILES string of the molecule is CCCCC/C=C\C/C=C\C/C=C\C/C=C\CCCC(=O)OC[C@@H](COC(=O)CCCCCCCCCCCCCC)OC(=O)CCCCCCC/C=C\CCCCCCC. The molecule has 0 bridgehead atoms. The Labute approximate surface area is 377 Å². The zero-order valence-electron chi connectivity index (χ0n) is 40.2. The molecule has 0 aromatic carbocycles. The summed E-state index contributed by atoms with van der Waals surface area (Å²) < 4.78 is 16.7. The van der Waals surface area contributed by atoms with Gasteiger partial charge in [0, 0.05) is 19.3 Å². The molecule has 1 atom stereocenters. The second kappa shape index (κ2) is 49.8. The van der Waals surface area contributed by atoms with Crippen LogP contribution in [0.25, 0.3) is 0 Å². The predicted octanol–water partition coefficient (Wildman–Crippen LogP) is 16.9. The second-order valence-electron chi connectivity index (χ2n) is 17.1. The average molecular weight is 853 g/mol. The Hall–Kier alpha value is -2.89. The van der Waals surface area contributed by atoms with Crippen molar-refractivity contribution >= 4 is 17.9 Å². The van der Waals surface area contributed by atoms with Crippen molar-refractivity contribution in [2.75, 3.05) is 13.2 Å². The number of allylic oxidation sites excluding steroid dienone is 10. The van der Waals surface area contributed by atoms with E-state index in [1.165, 1.54) is 128 Å². The molecule has 0 aliphatic heterocycles. The molecule has 6 heteroatoms. The van der Waals surface area contributed by atoms with E-state index in [2.05, 4.69) is 81.5 Å². The fourth-order valence-electron chi connectivity index (χ4n) is 7.08. The first-order chi connectivity index (χ1) is 30.0. The smallest absolute Gasteiger partial charge is 0.306 e. The van der Waals surface area contributed by atoms with Gasteiger partial charge >= 0.3 is 17.9 Å². The van der Waals surface area contributed by atoms with E-state index in [9.17, 15) is 14.4 Å². The van der Waals surface area contributed by atoms with Crippen molar-refractivity contribution in [3.63, 3.8) is 0 Å². The number of rotatable bonds is 46. The van der Waals surface area contributed by atoms with Crippen molar-refractivity contribution in [2.24, 2.45) is 0 Å². The van der Waals surface area contributed by atoms with Crippen LogP contribution in [0.4, 0.5) is 0 Å². The normalized spacial score (nSPS) is 12.5. The van der Waals surface area contributed by atoms with Gasteiger partial charge < -0.3 is 14.2 Å². The average Bonchev–Trinajstić information content (AvgIpc) is 3.26. The van der Waals surface area contributed by atoms with Gasteiger partial charge in [-0.1, -0.05) is 210 Å². The van der Waals surface area contributed by atoms with Crippen molar-refractivity contribution in [2.45, 2.75) is 258 Å². The molecule has 0 saturated carbocycles. The zero-order valence-corrected chi connectivity index (χ0v) is 40.2. The topological polar surface area (TPSA) is 78.9 Å². The molecule has 0 unspecified atom stereocenters. The minimum Gasteiger partial charge on any atom is -0.462 e. The van der Waals surface area contributed by atoms with Gasteiger partial charge in [0.1, 0.15) is 13.2 Å². The quantitative estimate of drug-likeness (QED) is 0.0263. The molecule has 6 nitrogen and oxygen atoms in total. The number of esters is 3. The van der Waals surface area contributed by atoms with Gasteiger partial charge in [-0.05, 0) is 83.5 Å². The maximum absolute atomic E-state index is 12.8. The Morgan fingerprint density at radius 2 is 0.607 bits per heavy atom. The zero-order chi connectivity index (χ0) is 44.4. The van der Waals surface area contributed by atoms with E-state index in [4.69, 9.17) is 14.2 Å². The lowest BCUT2D eigenvalue weighted by atomic mass is 10.0. The highest BCUT2D eigenvalue weighted by Gasteiger charge is 2.19. The summed E-state index contributed by atoms with van der Waals surface area (Å²) in [6.07, 6.45) is 60.6. The number of unbranched alkanes of at least 4 members (excludes halogenated alkanes) is 25. The first-order valence-electron chi connectivity index (χ1n) is 25.8. The lowest BCUT2D eigenvalue weighted by molar-refractivity contribution is -0.167. The van der Waals surface area contributed by atoms with Crippen LogP contribution in [-0.4, -0.2) is 37.2 Å². The van der Waals surface area contributed by atoms with Crippen molar-refractivity contribution in [3.8, 4) is 0 Å². The van der Waals surface area contributed by atoms with Crippen LogP contribution < -0.4 is 0 Å².